The Labute approximate surface area is 109 Å². The normalized spacial score (nSPS) is 11.4. The van der Waals surface area contributed by atoms with Crippen molar-refractivity contribution in [3.05, 3.63) is 30.3 Å². The van der Waals surface area contributed by atoms with Crippen molar-refractivity contribution in [1.29, 1.82) is 0 Å². The molecule has 0 unspecified atom stereocenters. The second-order valence-electron chi connectivity index (χ2n) is 4.00. The highest BCUT2D eigenvalue weighted by Crippen LogP contribution is 2.07. The van der Waals surface area contributed by atoms with Crippen LogP contribution in [0, 0.1) is 0 Å². The number of hydrogen-bond acceptors (Lipinski definition) is 4. The molecular weight excluding hydrogens is 250 g/mol. The number of para-hydroxylation sites is 1. The highest BCUT2D eigenvalue weighted by Gasteiger charge is 2.05. The van der Waals surface area contributed by atoms with Crippen LogP contribution in [0.5, 0.6) is 5.75 Å². The lowest BCUT2D eigenvalue weighted by atomic mass is 10.3. The van der Waals surface area contributed by atoms with Gasteiger partial charge in [-0.15, -0.1) is 0 Å². The lowest BCUT2D eigenvalue weighted by molar-refractivity contribution is 0.314. The minimum atomic E-state index is -2.83. The van der Waals surface area contributed by atoms with Gasteiger partial charge in [0.25, 0.3) is 0 Å². The molecule has 1 N–H and O–H groups in total. The first kappa shape index (κ1) is 15.0. The third-order valence-corrected chi connectivity index (χ3v) is 4.33. The Morgan fingerprint density at radius 1 is 1.17 bits per heavy atom. The van der Waals surface area contributed by atoms with Crippen LogP contribution in [0.3, 0.4) is 0 Å². The molecule has 0 aliphatic rings. The lowest BCUT2D eigenvalue weighted by Crippen LogP contribution is -2.24. The fourth-order valence-electron chi connectivity index (χ4n) is 1.44. The van der Waals surface area contributed by atoms with E-state index in [4.69, 9.17) is 4.74 Å². The van der Waals surface area contributed by atoms with Gasteiger partial charge in [-0.1, -0.05) is 25.1 Å². The van der Waals surface area contributed by atoms with Gasteiger partial charge in [-0.05, 0) is 25.1 Å². The zero-order valence-corrected chi connectivity index (χ0v) is 11.6. The van der Waals surface area contributed by atoms with E-state index < -0.39 is 9.84 Å². The third kappa shape index (κ3) is 6.61. The molecule has 0 atom stereocenters. The summed E-state index contributed by atoms with van der Waals surface area (Å²) in [6.07, 6.45) is 0.654. The maximum absolute atomic E-state index is 11.2. The molecule has 0 heterocycles. The largest absolute Gasteiger partial charge is 0.492 e. The molecule has 0 saturated heterocycles. The van der Waals surface area contributed by atoms with Crippen LogP contribution >= 0.6 is 0 Å². The van der Waals surface area contributed by atoms with Gasteiger partial charge in [0.05, 0.1) is 5.75 Å². The average molecular weight is 271 g/mol. The molecule has 0 spiro atoms. The van der Waals surface area contributed by atoms with E-state index in [0.29, 0.717) is 19.6 Å². The van der Waals surface area contributed by atoms with Crippen molar-refractivity contribution in [2.75, 3.05) is 31.2 Å². The second kappa shape index (κ2) is 8.11. The van der Waals surface area contributed by atoms with Crippen molar-refractivity contribution in [2.45, 2.75) is 13.3 Å². The molecule has 102 valence electrons. The molecule has 4 nitrogen and oxygen atoms in total. The minimum absolute atomic E-state index is 0.226. The van der Waals surface area contributed by atoms with Gasteiger partial charge in [-0.3, -0.25) is 0 Å². The molecule has 0 aliphatic carbocycles. The van der Waals surface area contributed by atoms with Crippen molar-refractivity contribution in [1.82, 2.24) is 5.32 Å². The Morgan fingerprint density at radius 3 is 2.56 bits per heavy atom. The first-order valence-corrected chi connectivity index (χ1v) is 8.05. The van der Waals surface area contributed by atoms with E-state index >= 15 is 0 Å². The summed E-state index contributed by atoms with van der Waals surface area (Å²) in [6.45, 7) is 3.69. The van der Waals surface area contributed by atoms with Crippen molar-refractivity contribution in [3.8, 4) is 5.75 Å². The molecule has 1 aromatic rings. The van der Waals surface area contributed by atoms with Crippen LogP contribution in [0.1, 0.15) is 13.3 Å². The van der Waals surface area contributed by atoms with Crippen molar-refractivity contribution >= 4 is 9.84 Å². The van der Waals surface area contributed by atoms with Gasteiger partial charge in [-0.2, -0.15) is 0 Å². The van der Waals surface area contributed by atoms with Crippen LogP contribution in [0.25, 0.3) is 0 Å². The summed E-state index contributed by atoms with van der Waals surface area (Å²) in [5, 5.41) is 3.16. The lowest BCUT2D eigenvalue weighted by Gasteiger charge is -2.07. The summed E-state index contributed by atoms with van der Waals surface area (Å²) in [5.74, 6) is 1.34. The molecule has 0 saturated carbocycles. The van der Waals surface area contributed by atoms with Crippen LogP contribution in [-0.2, 0) is 9.84 Å². The molecule has 18 heavy (non-hydrogen) atoms. The van der Waals surface area contributed by atoms with E-state index in [2.05, 4.69) is 5.32 Å². The van der Waals surface area contributed by atoms with Crippen molar-refractivity contribution in [3.63, 3.8) is 0 Å². The van der Waals surface area contributed by atoms with Gasteiger partial charge < -0.3 is 10.1 Å². The van der Waals surface area contributed by atoms with Gasteiger partial charge in [0.1, 0.15) is 22.2 Å². The maximum atomic E-state index is 11.2. The summed E-state index contributed by atoms with van der Waals surface area (Å²) in [6, 6.07) is 9.62. The Bertz CT molecular complexity index is 417. The summed E-state index contributed by atoms with van der Waals surface area (Å²) in [7, 11) is -2.83. The zero-order chi connectivity index (χ0) is 13.3. The number of benzene rings is 1. The summed E-state index contributed by atoms with van der Waals surface area (Å²) >= 11 is 0. The molecule has 0 radical (unpaired) electrons. The third-order valence-electron chi connectivity index (χ3n) is 2.54. The molecule has 0 aliphatic heterocycles. The predicted octanol–water partition coefficient (Wildman–Crippen LogP) is 1.48. The van der Waals surface area contributed by atoms with E-state index in [1.807, 2.05) is 30.3 Å². The van der Waals surface area contributed by atoms with Crippen LogP contribution in [0.4, 0.5) is 0 Å². The number of ether oxygens (including phenoxy) is 1. The van der Waals surface area contributed by atoms with Crippen molar-refractivity contribution < 1.29 is 13.2 Å². The van der Waals surface area contributed by atoms with Gasteiger partial charge in [0.15, 0.2) is 0 Å². The minimum Gasteiger partial charge on any atom is -0.492 e. The van der Waals surface area contributed by atoms with Crippen LogP contribution in [0.2, 0.25) is 0 Å². The molecule has 1 aromatic carbocycles. The predicted molar refractivity (Wildman–Crippen MR) is 73.8 cm³/mol. The molecule has 0 fully saturated rings. The topological polar surface area (TPSA) is 55.4 Å². The number of hydrogen-bond donors (Lipinski definition) is 1. The van der Waals surface area contributed by atoms with Crippen LogP contribution in [-0.4, -0.2) is 39.6 Å². The van der Waals surface area contributed by atoms with Gasteiger partial charge in [-0.25, -0.2) is 8.42 Å². The zero-order valence-electron chi connectivity index (χ0n) is 10.8. The second-order valence-corrected chi connectivity index (χ2v) is 6.47. The molecule has 0 bridgehead atoms. The van der Waals surface area contributed by atoms with E-state index in [0.717, 1.165) is 12.3 Å². The Balaban J connectivity index is 2.00. The first-order chi connectivity index (χ1) is 8.64. The molecule has 1 rings (SSSR count). The smallest absolute Gasteiger partial charge is 0.150 e. The fourth-order valence-corrected chi connectivity index (χ4v) is 2.32. The standard InChI is InChI=1S/C13H21NO3S/c1-2-18(15,16)12-6-9-14-10-11-17-13-7-4-3-5-8-13/h3-5,7-8,14H,2,6,9-12H2,1H3. The summed E-state index contributed by atoms with van der Waals surface area (Å²) in [4.78, 5) is 0. The van der Waals surface area contributed by atoms with E-state index in [1.54, 1.807) is 6.92 Å². The molecule has 5 heteroatoms. The van der Waals surface area contributed by atoms with E-state index in [-0.39, 0.29) is 11.5 Å². The summed E-state index contributed by atoms with van der Waals surface area (Å²) < 4.78 is 27.9. The quantitative estimate of drug-likeness (QED) is 0.691. The average Bonchev–Trinajstić information content (AvgIpc) is 2.39. The maximum Gasteiger partial charge on any atom is 0.150 e. The molecule has 0 aromatic heterocycles. The van der Waals surface area contributed by atoms with Crippen LogP contribution in [0.15, 0.2) is 30.3 Å². The highest BCUT2D eigenvalue weighted by molar-refractivity contribution is 7.91. The van der Waals surface area contributed by atoms with Crippen molar-refractivity contribution in [2.24, 2.45) is 0 Å². The summed E-state index contributed by atoms with van der Waals surface area (Å²) in [5.41, 5.74) is 0. The Morgan fingerprint density at radius 2 is 1.89 bits per heavy atom. The SMILES string of the molecule is CCS(=O)(=O)CCCNCCOc1ccccc1. The van der Waals surface area contributed by atoms with Gasteiger partial charge in [0, 0.05) is 12.3 Å². The highest BCUT2D eigenvalue weighted by atomic mass is 32.2. The Hall–Kier alpha value is -1.07. The fraction of sp³-hybridized carbons (Fsp3) is 0.538. The van der Waals surface area contributed by atoms with E-state index in [9.17, 15) is 8.42 Å². The van der Waals surface area contributed by atoms with E-state index in [1.165, 1.54) is 0 Å². The number of sulfone groups is 1. The molecule has 0 amide bonds. The monoisotopic (exact) mass is 271 g/mol. The first-order valence-electron chi connectivity index (χ1n) is 6.23. The number of nitrogens with one attached hydrogen (secondary N) is 1. The Kier molecular flexibility index (Phi) is 6.75. The van der Waals surface area contributed by atoms with Gasteiger partial charge in [0.2, 0.25) is 0 Å². The molecular formula is C13H21NO3S. The van der Waals surface area contributed by atoms with Gasteiger partial charge >= 0.3 is 0 Å². The number of rotatable bonds is 9. The van der Waals surface area contributed by atoms with Crippen LogP contribution < -0.4 is 10.1 Å².